The topological polar surface area (TPSA) is 49.6 Å². The molecule has 2 heterocycles. The first kappa shape index (κ1) is 34.0. The quantitative estimate of drug-likeness (QED) is 0.175. The Balaban J connectivity index is 1.14. The minimum absolute atomic E-state index is 0.560. The lowest BCUT2D eigenvalue weighted by molar-refractivity contribution is 0.723. The number of benzene rings is 8. The maximum absolute atomic E-state index is 9.31. The van der Waals surface area contributed by atoms with E-state index in [4.69, 9.17) is 9.97 Å². The molecular formula is C54H33N3S. The lowest BCUT2D eigenvalue weighted by Gasteiger charge is -2.40. The minimum atomic E-state index is -0.560. The van der Waals surface area contributed by atoms with Gasteiger partial charge in [0.1, 0.15) is 0 Å². The van der Waals surface area contributed by atoms with Crippen LogP contribution >= 0.6 is 11.8 Å². The van der Waals surface area contributed by atoms with Crippen LogP contribution in [0.15, 0.2) is 210 Å². The second-order valence-corrected chi connectivity index (χ2v) is 15.8. The Kier molecular flexibility index (Phi) is 8.03. The summed E-state index contributed by atoms with van der Waals surface area (Å²) in [4.78, 5) is 13.0. The van der Waals surface area contributed by atoms with Gasteiger partial charge >= 0.3 is 0 Å². The molecule has 1 unspecified atom stereocenters. The predicted octanol–water partition coefficient (Wildman–Crippen LogP) is 13.5. The first-order chi connectivity index (χ1) is 28.7. The van der Waals surface area contributed by atoms with Crippen LogP contribution in [0.3, 0.4) is 0 Å². The molecule has 0 radical (unpaired) electrons. The van der Waals surface area contributed by atoms with Crippen LogP contribution < -0.4 is 0 Å². The van der Waals surface area contributed by atoms with Crippen LogP contribution in [0.5, 0.6) is 0 Å². The Labute approximate surface area is 342 Å². The van der Waals surface area contributed by atoms with E-state index in [-0.39, 0.29) is 0 Å². The number of hydrogen-bond acceptors (Lipinski definition) is 4. The van der Waals surface area contributed by atoms with Gasteiger partial charge in [-0.3, -0.25) is 0 Å². The molecular weight excluding hydrogens is 723 g/mol. The molecule has 1 aliphatic heterocycles. The van der Waals surface area contributed by atoms with E-state index in [0.29, 0.717) is 11.4 Å². The molecule has 1 atom stereocenters. The standard InChI is InChI=1S/C54H33N3S/c55-34-35-25-27-36(28-26-35)37-29-31-38(32-30-37)41-18-11-23-47-52(41)58-50-24-10-9-21-45(50)54(47)44-20-8-7-17-42(44)51-43(19-12-22-46(51)54)49-33-48(39-13-3-1-4-14-39)56-53(57-49)40-15-5-2-6-16-40/h1-33H. The zero-order valence-corrected chi connectivity index (χ0v) is 32.1. The third-order valence-electron chi connectivity index (χ3n) is 11.6. The van der Waals surface area contributed by atoms with Crippen molar-refractivity contribution in [2.45, 2.75) is 15.2 Å². The average Bonchev–Trinajstić information content (AvgIpc) is 3.60. The van der Waals surface area contributed by atoms with Gasteiger partial charge in [-0.25, -0.2) is 9.97 Å². The Morgan fingerprint density at radius 3 is 1.71 bits per heavy atom. The molecule has 58 heavy (non-hydrogen) atoms. The summed E-state index contributed by atoms with van der Waals surface area (Å²) in [5.41, 5.74) is 17.1. The van der Waals surface area contributed by atoms with Gasteiger partial charge in [-0.2, -0.15) is 5.26 Å². The fraction of sp³-hybridized carbons (Fsp3) is 0.0185. The molecule has 270 valence electrons. The zero-order valence-electron chi connectivity index (χ0n) is 31.3. The lowest BCUT2D eigenvalue weighted by atomic mass is 9.67. The van der Waals surface area contributed by atoms with Crippen molar-refractivity contribution in [2.24, 2.45) is 0 Å². The van der Waals surface area contributed by atoms with E-state index in [0.717, 1.165) is 39.2 Å². The smallest absolute Gasteiger partial charge is 0.160 e. The molecule has 3 nitrogen and oxygen atoms in total. The van der Waals surface area contributed by atoms with Crippen LogP contribution in [0.2, 0.25) is 0 Å². The summed E-state index contributed by atoms with van der Waals surface area (Å²) < 4.78 is 0. The van der Waals surface area contributed by atoms with Crippen molar-refractivity contribution in [1.29, 1.82) is 5.26 Å². The van der Waals surface area contributed by atoms with Crippen molar-refractivity contribution in [2.75, 3.05) is 0 Å². The van der Waals surface area contributed by atoms with E-state index in [9.17, 15) is 5.26 Å². The molecule has 0 fully saturated rings. The largest absolute Gasteiger partial charge is 0.228 e. The summed E-state index contributed by atoms with van der Waals surface area (Å²) in [5, 5.41) is 9.31. The van der Waals surface area contributed by atoms with Crippen LogP contribution in [0.1, 0.15) is 27.8 Å². The Morgan fingerprint density at radius 2 is 0.966 bits per heavy atom. The number of rotatable bonds is 5. The summed E-state index contributed by atoms with van der Waals surface area (Å²) in [6.07, 6.45) is 0. The van der Waals surface area contributed by atoms with E-state index in [1.54, 1.807) is 0 Å². The van der Waals surface area contributed by atoms with Gasteiger partial charge in [-0.1, -0.05) is 188 Å². The van der Waals surface area contributed by atoms with Crippen LogP contribution in [-0.2, 0) is 5.41 Å². The molecule has 0 saturated heterocycles. The maximum atomic E-state index is 9.31. The number of aromatic nitrogens is 2. The molecule has 8 aromatic carbocycles. The van der Waals surface area contributed by atoms with Crippen LogP contribution in [0, 0.1) is 11.3 Å². The summed E-state index contributed by atoms with van der Waals surface area (Å²) in [7, 11) is 0. The summed E-state index contributed by atoms with van der Waals surface area (Å²) >= 11 is 1.87. The molecule has 0 amide bonds. The first-order valence-corrected chi connectivity index (χ1v) is 20.3. The number of nitriles is 1. The van der Waals surface area contributed by atoms with Crippen molar-refractivity contribution in [1.82, 2.24) is 9.97 Å². The van der Waals surface area contributed by atoms with Gasteiger partial charge in [0.2, 0.25) is 0 Å². The van der Waals surface area contributed by atoms with Crippen molar-refractivity contribution < 1.29 is 0 Å². The monoisotopic (exact) mass is 755 g/mol. The summed E-state index contributed by atoms with van der Waals surface area (Å²) in [5.74, 6) is 0.704. The summed E-state index contributed by atoms with van der Waals surface area (Å²) in [6, 6.07) is 73.3. The second kappa shape index (κ2) is 13.7. The third kappa shape index (κ3) is 5.29. The van der Waals surface area contributed by atoms with Crippen LogP contribution in [0.25, 0.3) is 67.3 Å². The molecule has 0 saturated carbocycles. The highest BCUT2D eigenvalue weighted by Crippen LogP contribution is 2.64. The molecule has 1 aliphatic carbocycles. The Bertz CT molecular complexity index is 3020. The maximum Gasteiger partial charge on any atom is 0.160 e. The highest BCUT2D eigenvalue weighted by atomic mass is 32.2. The number of nitrogens with zero attached hydrogens (tertiary/aromatic N) is 3. The van der Waals surface area contributed by atoms with Gasteiger partial charge in [-0.15, -0.1) is 0 Å². The predicted molar refractivity (Wildman–Crippen MR) is 235 cm³/mol. The lowest BCUT2D eigenvalue weighted by Crippen LogP contribution is -2.32. The van der Waals surface area contributed by atoms with Gasteiger partial charge in [0.05, 0.1) is 28.4 Å². The van der Waals surface area contributed by atoms with Gasteiger partial charge in [0.25, 0.3) is 0 Å². The van der Waals surface area contributed by atoms with Crippen molar-refractivity contribution in [3.8, 4) is 73.4 Å². The Hall–Kier alpha value is -7.32. The normalized spacial score (nSPS) is 14.5. The molecule has 0 bridgehead atoms. The SMILES string of the molecule is N#Cc1ccc(-c2ccc(-c3cccc4c3Sc3ccccc3C43c4ccccc4-c4c(-c5cc(-c6ccccc6)nc(-c6ccccc6)n5)cccc43)cc2)cc1. The zero-order chi connectivity index (χ0) is 38.6. The van der Waals surface area contributed by atoms with E-state index in [1.807, 2.05) is 60.3 Å². The average molecular weight is 756 g/mol. The van der Waals surface area contributed by atoms with E-state index >= 15 is 0 Å². The van der Waals surface area contributed by atoms with E-state index in [1.165, 1.54) is 54.3 Å². The van der Waals surface area contributed by atoms with Crippen LogP contribution in [-0.4, -0.2) is 9.97 Å². The Morgan fingerprint density at radius 1 is 0.414 bits per heavy atom. The van der Waals surface area contributed by atoms with Gasteiger partial charge in [-0.05, 0) is 79.9 Å². The fourth-order valence-corrected chi connectivity index (χ4v) is 10.4. The highest BCUT2D eigenvalue weighted by Gasteiger charge is 2.51. The second-order valence-electron chi connectivity index (χ2n) is 14.8. The van der Waals surface area contributed by atoms with Gasteiger partial charge in [0, 0.05) is 26.5 Å². The third-order valence-corrected chi connectivity index (χ3v) is 12.9. The first-order valence-electron chi connectivity index (χ1n) is 19.5. The molecule has 0 N–H and O–H groups in total. The van der Waals surface area contributed by atoms with Crippen molar-refractivity contribution >= 4 is 11.8 Å². The minimum Gasteiger partial charge on any atom is -0.228 e. The van der Waals surface area contributed by atoms with Crippen molar-refractivity contribution in [3.05, 3.63) is 228 Å². The number of hydrogen-bond donors (Lipinski definition) is 0. The van der Waals surface area contributed by atoms with Crippen molar-refractivity contribution in [3.63, 3.8) is 0 Å². The molecule has 11 rings (SSSR count). The number of fused-ring (bicyclic) bond motifs is 9. The van der Waals surface area contributed by atoms with E-state index < -0.39 is 5.41 Å². The highest BCUT2D eigenvalue weighted by molar-refractivity contribution is 7.99. The molecule has 2 aliphatic rings. The van der Waals surface area contributed by atoms with E-state index in [2.05, 4.69) is 158 Å². The molecule has 1 aromatic heterocycles. The molecule has 9 aromatic rings. The van der Waals surface area contributed by atoms with Gasteiger partial charge in [0.15, 0.2) is 5.82 Å². The van der Waals surface area contributed by atoms with Gasteiger partial charge < -0.3 is 0 Å². The molecule has 1 spiro atoms. The summed E-state index contributed by atoms with van der Waals surface area (Å²) in [6.45, 7) is 0. The fourth-order valence-electron chi connectivity index (χ4n) is 9.05. The van der Waals surface area contributed by atoms with Crippen LogP contribution in [0.4, 0.5) is 0 Å². The molecule has 4 heteroatoms.